The molecular weight excluding hydrogens is 414 g/mol. The number of amides is 1. The van der Waals surface area contributed by atoms with Crippen LogP contribution in [0.25, 0.3) is 10.8 Å². The number of nitriles is 1. The lowest BCUT2D eigenvalue weighted by atomic mass is 10.1. The van der Waals surface area contributed by atoms with E-state index in [1.807, 2.05) is 6.07 Å². The number of rotatable bonds is 6. The second-order valence-electron chi connectivity index (χ2n) is 7.24. The van der Waals surface area contributed by atoms with Crippen molar-refractivity contribution >= 4 is 22.5 Å². The van der Waals surface area contributed by atoms with Crippen LogP contribution in [-0.4, -0.2) is 20.6 Å². The molecule has 0 aliphatic heterocycles. The van der Waals surface area contributed by atoms with Gasteiger partial charge in [-0.05, 0) is 48.4 Å². The van der Waals surface area contributed by atoms with Crippen LogP contribution in [0.3, 0.4) is 0 Å². The summed E-state index contributed by atoms with van der Waals surface area (Å²) >= 11 is 0. The third-order valence-corrected chi connectivity index (χ3v) is 5.13. The van der Waals surface area contributed by atoms with Crippen LogP contribution in [0.4, 0.5) is 14.6 Å². The maximum atomic E-state index is 14.7. The standard InChI is InChI=1S/C24H18F2N4O2/c25-17-7-4-15(5-8-17)14-30-20(23-18(24(30)32)2-1-3-19(23)26)9-11-22(31)29-21-10-6-16(12-27)13-28-21/h1-8,10,13,32H,9,11,14H2,(H,28,29,31). The summed E-state index contributed by atoms with van der Waals surface area (Å²) in [6.07, 6.45) is 1.52. The average molecular weight is 432 g/mol. The first-order valence-corrected chi connectivity index (χ1v) is 9.85. The Morgan fingerprint density at radius 3 is 2.59 bits per heavy atom. The predicted octanol–water partition coefficient (Wildman–Crippen LogP) is 4.51. The van der Waals surface area contributed by atoms with E-state index in [4.69, 9.17) is 5.26 Å². The lowest BCUT2D eigenvalue weighted by Crippen LogP contribution is -2.15. The zero-order chi connectivity index (χ0) is 22.7. The number of aromatic nitrogens is 2. The summed E-state index contributed by atoms with van der Waals surface area (Å²) in [5, 5.41) is 22.8. The summed E-state index contributed by atoms with van der Waals surface area (Å²) in [5.41, 5.74) is 1.55. The van der Waals surface area contributed by atoms with Crippen molar-refractivity contribution in [3.63, 3.8) is 0 Å². The molecular formula is C24H18F2N4O2. The highest BCUT2D eigenvalue weighted by molar-refractivity contribution is 5.93. The Kier molecular flexibility index (Phi) is 5.81. The molecule has 1 amide bonds. The van der Waals surface area contributed by atoms with Crippen molar-refractivity contribution in [2.75, 3.05) is 5.32 Å². The van der Waals surface area contributed by atoms with Crippen LogP contribution in [0.1, 0.15) is 23.2 Å². The summed E-state index contributed by atoms with van der Waals surface area (Å²) < 4.78 is 29.5. The number of benzene rings is 2. The van der Waals surface area contributed by atoms with Crippen molar-refractivity contribution in [1.82, 2.24) is 9.55 Å². The van der Waals surface area contributed by atoms with Crippen molar-refractivity contribution in [1.29, 1.82) is 5.26 Å². The lowest BCUT2D eigenvalue weighted by Gasteiger charge is -2.12. The minimum Gasteiger partial charge on any atom is -0.494 e. The van der Waals surface area contributed by atoms with Crippen molar-refractivity contribution in [2.24, 2.45) is 0 Å². The maximum absolute atomic E-state index is 14.7. The van der Waals surface area contributed by atoms with Crippen molar-refractivity contribution in [2.45, 2.75) is 19.4 Å². The minimum absolute atomic E-state index is 0.0119. The Labute approximate surface area is 182 Å². The number of aromatic hydroxyl groups is 1. The molecule has 32 heavy (non-hydrogen) atoms. The van der Waals surface area contributed by atoms with E-state index in [1.165, 1.54) is 47.2 Å². The second-order valence-corrected chi connectivity index (χ2v) is 7.24. The van der Waals surface area contributed by atoms with Gasteiger partial charge in [-0.15, -0.1) is 0 Å². The molecule has 0 unspecified atom stereocenters. The average Bonchev–Trinajstić information content (AvgIpc) is 3.06. The van der Waals surface area contributed by atoms with Crippen LogP contribution >= 0.6 is 0 Å². The normalized spacial score (nSPS) is 10.8. The molecule has 2 N–H and O–H groups in total. The monoisotopic (exact) mass is 432 g/mol. The van der Waals surface area contributed by atoms with Gasteiger partial charge in [0.15, 0.2) is 5.88 Å². The van der Waals surface area contributed by atoms with Gasteiger partial charge in [0.25, 0.3) is 0 Å². The number of anilines is 1. The Morgan fingerprint density at radius 2 is 1.91 bits per heavy atom. The van der Waals surface area contributed by atoms with Gasteiger partial charge in [-0.25, -0.2) is 13.8 Å². The van der Waals surface area contributed by atoms with Gasteiger partial charge in [-0.1, -0.05) is 18.2 Å². The first-order chi connectivity index (χ1) is 15.5. The van der Waals surface area contributed by atoms with Crippen LogP contribution in [0.15, 0.2) is 60.8 Å². The number of hydrogen-bond acceptors (Lipinski definition) is 4. The van der Waals surface area contributed by atoms with Gasteiger partial charge < -0.3 is 15.0 Å². The van der Waals surface area contributed by atoms with Crippen molar-refractivity contribution < 1.29 is 18.7 Å². The van der Waals surface area contributed by atoms with Gasteiger partial charge in [0.1, 0.15) is 23.5 Å². The predicted molar refractivity (Wildman–Crippen MR) is 115 cm³/mol. The second kappa shape index (κ2) is 8.86. The quantitative estimate of drug-likeness (QED) is 0.469. The largest absolute Gasteiger partial charge is 0.494 e. The summed E-state index contributed by atoms with van der Waals surface area (Å²) in [7, 11) is 0. The van der Waals surface area contributed by atoms with Crippen LogP contribution in [0, 0.1) is 23.0 Å². The number of nitrogens with one attached hydrogen (secondary N) is 1. The molecule has 6 nitrogen and oxygen atoms in total. The highest BCUT2D eigenvalue weighted by atomic mass is 19.1. The molecule has 160 valence electrons. The smallest absolute Gasteiger partial charge is 0.225 e. The molecule has 0 saturated heterocycles. The van der Waals surface area contributed by atoms with Gasteiger partial charge in [0, 0.05) is 29.1 Å². The number of fused-ring (bicyclic) bond motifs is 1. The zero-order valence-electron chi connectivity index (χ0n) is 16.8. The number of aryl methyl sites for hydroxylation is 1. The number of nitrogens with zero attached hydrogens (tertiary/aromatic N) is 3. The highest BCUT2D eigenvalue weighted by Gasteiger charge is 2.20. The van der Waals surface area contributed by atoms with Gasteiger partial charge in [-0.2, -0.15) is 5.26 Å². The number of hydrogen-bond donors (Lipinski definition) is 2. The van der Waals surface area contributed by atoms with Crippen LogP contribution in [0.5, 0.6) is 5.88 Å². The maximum Gasteiger partial charge on any atom is 0.225 e. The molecule has 0 bridgehead atoms. The first kappa shape index (κ1) is 21.0. The van der Waals surface area contributed by atoms with E-state index >= 15 is 0 Å². The summed E-state index contributed by atoms with van der Waals surface area (Å²) in [6, 6.07) is 15.2. The molecule has 2 heterocycles. The Balaban J connectivity index is 1.60. The fourth-order valence-corrected chi connectivity index (χ4v) is 3.59. The molecule has 8 heteroatoms. The fourth-order valence-electron chi connectivity index (χ4n) is 3.59. The molecule has 0 aliphatic rings. The van der Waals surface area contributed by atoms with E-state index in [2.05, 4.69) is 10.3 Å². The number of halogens is 2. The molecule has 0 atom stereocenters. The molecule has 0 fully saturated rings. The van der Waals surface area contributed by atoms with Crippen LogP contribution in [-0.2, 0) is 17.8 Å². The molecule has 2 aromatic carbocycles. The molecule has 0 aliphatic carbocycles. The van der Waals surface area contributed by atoms with Gasteiger partial charge in [0.2, 0.25) is 5.91 Å². The molecule has 0 radical (unpaired) electrons. The van der Waals surface area contributed by atoms with E-state index < -0.39 is 5.82 Å². The number of carbonyl (C=O) groups excluding carboxylic acids is 1. The molecule has 2 aromatic heterocycles. The Hall–Kier alpha value is -4.25. The van der Waals surface area contributed by atoms with Crippen molar-refractivity contribution in [3.05, 3.63) is 89.2 Å². The summed E-state index contributed by atoms with van der Waals surface area (Å²) in [6.45, 7) is 0.189. The SMILES string of the molecule is N#Cc1ccc(NC(=O)CCc2c3c(F)cccc3c(O)n2Cc2ccc(F)cc2)nc1. The molecule has 0 spiro atoms. The summed E-state index contributed by atoms with van der Waals surface area (Å²) in [4.78, 5) is 16.5. The third-order valence-electron chi connectivity index (χ3n) is 5.13. The van der Waals surface area contributed by atoms with E-state index in [0.29, 0.717) is 22.5 Å². The zero-order valence-corrected chi connectivity index (χ0v) is 16.8. The number of pyridine rings is 1. The van der Waals surface area contributed by atoms with Crippen LogP contribution < -0.4 is 5.32 Å². The summed E-state index contributed by atoms with van der Waals surface area (Å²) in [5.74, 6) is -1.04. The van der Waals surface area contributed by atoms with E-state index in [0.717, 1.165) is 5.56 Å². The Bertz CT molecular complexity index is 1320. The minimum atomic E-state index is -0.500. The lowest BCUT2D eigenvalue weighted by molar-refractivity contribution is -0.116. The van der Waals surface area contributed by atoms with E-state index in [-0.39, 0.29) is 42.4 Å². The number of carbonyl (C=O) groups is 1. The van der Waals surface area contributed by atoms with E-state index in [1.54, 1.807) is 18.2 Å². The van der Waals surface area contributed by atoms with Crippen LogP contribution in [0.2, 0.25) is 0 Å². The van der Waals surface area contributed by atoms with Gasteiger partial charge in [0.05, 0.1) is 12.1 Å². The van der Waals surface area contributed by atoms with Gasteiger partial charge in [-0.3, -0.25) is 4.79 Å². The molecule has 4 rings (SSSR count). The fraction of sp³-hybridized carbons (Fsp3) is 0.125. The Morgan fingerprint density at radius 1 is 1.12 bits per heavy atom. The third kappa shape index (κ3) is 4.27. The topological polar surface area (TPSA) is 90.9 Å². The van der Waals surface area contributed by atoms with Gasteiger partial charge >= 0.3 is 0 Å². The van der Waals surface area contributed by atoms with Crippen molar-refractivity contribution in [3.8, 4) is 11.9 Å². The highest BCUT2D eigenvalue weighted by Crippen LogP contribution is 2.34. The molecule has 0 saturated carbocycles. The van der Waals surface area contributed by atoms with E-state index in [9.17, 15) is 18.7 Å². The first-order valence-electron chi connectivity index (χ1n) is 9.85. The molecule has 4 aromatic rings.